The zero-order valence-corrected chi connectivity index (χ0v) is 13.5. The Morgan fingerprint density at radius 3 is 2.60 bits per heavy atom. The van der Waals surface area contributed by atoms with Gasteiger partial charge in [-0.1, -0.05) is 26.8 Å². The Labute approximate surface area is 125 Å². The van der Waals surface area contributed by atoms with Gasteiger partial charge in [-0.05, 0) is 29.1 Å². The monoisotopic (exact) mass is 289 g/mol. The van der Waals surface area contributed by atoms with Crippen LogP contribution in [-0.4, -0.2) is 12.0 Å². The zero-order valence-electron chi connectivity index (χ0n) is 12.7. The van der Waals surface area contributed by atoms with E-state index in [1.807, 2.05) is 0 Å². The second kappa shape index (κ2) is 5.94. The number of hydrogen-bond donors (Lipinski definition) is 1. The van der Waals surface area contributed by atoms with Crippen LogP contribution in [0, 0.1) is 0 Å². The highest BCUT2D eigenvalue weighted by Crippen LogP contribution is 2.25. The molecule has 2 heterocycles. The number of hydrogen-bond acceptors (Lipinski definition) is 4. The summed E-state index contributed by atoms with van der Waals surface area (Å²) < 4.78 is 0. The van der Waals surface area contributed by atoms with Crippen molar-refractivity contribution in [2.45, 2.75) is 39.3 Å². The minimum atomic E-state index is 0.0315. The van der Waals surface area contributed by atoms with E-state index >= 15 is 0 Å². The summed E-state index contributed by atoms with van der Waals surface area (Å²) in [6.07, 6.45) is 0. The maximum atomic E-state index is 5.82. The lowest BCUT2D eigenvalue weighted by atomic mass is 9.90. The third-order valence-corrected chi connectivity index (χ3v) is 4.10. The van der Waals surface area contributed by atoms with E-state index in [9.17, 15) is 0 Å². The van der Waals surface area contributed by atoms with Gasteiger partial charge < -0.3 is 10.6 Å². The lowest BCUT2D eigenvalue weighted by Crippen LogP contribution is -2.21. The molecule has 0 saturated carbocycles. The van der Waals surface area contributed by atoms with Crippen LogP contribution < -0.4 is 10.6 Å². The van der Waals surface area contributed by atoms with E-state index in [4.69, 9.17) is 10.7 Å². The summed E-state index contributed by atoms with van der Waals surface area (Å²) >= 11 is 1.77. The Hall–Kier alpha value is -1.39. The molecular weight excluding hydrogens is 266 g/mol. The number of nitrogens with zero attached hydrogens (tertiary/aromatic N) is 2. The molecule has 0 fully saturated rings. The molecule has 0 aliphatic carbocycles. The standard InChI is InChI=1S/C16H23N3S/c1-16(2,3)14-8-12(10-17)9-15(18-14)19(4)11-13-6-5-7-20-13/h5-9H,10-11,17H2,1-4H3. The first-order valence-electron chi connectivity index (χ1n) is 6.85. The minimum absolute atomic E-state index is 0.0315. The van der Waals surface area contributed by atoms with Crippen LogP contribution in [0.3, 0.4) is 0 Å². The first-order valence-corrected chi connectivity index (χ1v) is 7.73. The van der Waals surface area contributed by atoms with E-state index in [1.54, 1.807) is 11.3 Å². The van der Waals surface area contributed by atoms with Gasteiger partial charge in [0.05, 0.1) is 6.54 Å². The molecule has 0 aromatic carbocycles. The summed E-state index contributed by atoms with van der Waals surface area (Å²) in [7, 11) is 2.08. The summed E-state index contributed by atoms with van der Waals surface area (Å²) in [5, 5.41) is 2.10. The second-order valence-corrected chi connectivity index (χ2v) is 7.14. The number of aromatic nitrogens is 1. The maximum Gasteiger partial charge on any atom is 0.129 e. The average Bonchev–Trinajstić information content (AvgIpc) is 2.90. The quantitative estimate of drug-likeness (QED) is 0.936. The fraction of sp³-hybridized carbons (Fsp3) is 0.438. The predicted octanol–water partition coefficient (Wildman–Crippen LogP) is 3.54. The summed E-state index contributed by atoms with van der Waals surface area (Å²) in [6.45, 7) is 7.96. The van der Waals surface area contributed by atoms with Gasteiger partial charge in [-0.3, -0.25) is 0 Å². The fourth-order valence-electron chi connectivity index (χ4n) is 1.99. The molecule has 0 saturated heterocycles. The smallest absolute Gasteiger partial charge is 0.129 e. The van der Waals surface area contributed by atoms with Crippen LogP contribution in [0.25, 0.3) is 0 Å². The summed E-state index contributed by atoms with van der Waals surface area (Å²) in [5.74, 6) is 0.992. The fourth-order valence-corrected chi connectivity index (χ4v) is 2.74. The lowest BCUT2D eigenvalue weighted by molar-refractivity contribution is 0.567. The number of rotatable bonds is 4. The van der Waals surface area contributed by atoms with Crippen molar-refractivity contribution in [3.8, 4) is 0 Å². The van der Waals surface area contributed by atoms with Gasteiger partial charge in [-0.25, -0.2) is 4.98 Å². The third-order valence-electron chi connectivity index (χ3n) is 3.24. The SMILES string of the molecule is CN(Cc1cccs1)c1cc(CN)cc(C(C)(C)C)n1. The minimum Gasteiger partial charge on any atom is -0.355 e. The Morgan fingerprint density at radius 1 is 1.30 bits per heavy atom. The van der Waals surface area contributed by atoms with Crippen LogP contribution in [-0.2, 0) is 18.5 Å². The Morgan fingerprint density at radius 2 is 2.05 bits per heavy atom. The van der Waals surface area contributed by atoms with Crippen molar-refractivity contribution in [2.75, 3.05) is 11.9 Å². The number of pyridine rings is 1. The number of thiophene rings is 1. The van der Waals surface area contributed by atoms with Crippen LogP contribution in [0.1, 0.15) is 36.9 Å². The Kier molecular flexibility index (Phi) is 4.45. The summed E-state index contributed by atoms with van der Waals surface area (Å²) in [5.41, 5.74) is 8.08. The van der Waals surface area contributed by atoms with Crippen molar-refractivity contribution in [2.24, 2.45) is 5.73 Å². The van der Waals surface area contributed by atoms with Crippen LogP contribution in [0.2, 0.25) is 0 Å². The van der Waals surface area contributed by atoms with E-state index in [2.05, 4.69) is 62.4 Å². The predicted molar refractivity (Wildman–Crippen MR) is 87.3 cm³/mol. The van der Waals surface area contributed by atoms with E-state index in [0.717, 1.165) is 23.6 Å². The first kappa shape index (κ1) is 15.0. The molecule has 0 unspecified atom stereocenters. The molecule has 20 heavy (non-hydrogen) atoms. The van der Waals surface area contributed by atoms with Gasteiger partial charge >= 0.3 is 0 Å². The highest BCUT2D eigenvalue weighted by molar-refractivity contribution is 7.09. The topological polar surface area (TPSA) is 42.1 Å². The molecule has 0 amide bonds. The summed E-state index contributed by atoms with van der Waals surface area (Å²) in [4.78, 5) is 8.33. The number of anilines is 1. The van der Waals surface area contributed by atoms with E-state index in [-0.39, 0.29) is 5.41 Å². The molecule has 0 radical (unpaired) electrons. The van der Waals surface area contributed by atoms with Gasteiger partial charge in [0.15, 0.2) is 0 Å². The number of nitrogens with two attached hydrogens (primary N) is 1. The van der Waals surface area contributed by atoms with Crippen LogP contribution in [0.4, 0.5) is 5.82 Å². The van der Waals surface area contributed by atoms with Gasteiger partial charge in [0, 0.05) is 29.6 Å². The van der Waals surface area contributed by atoms with E-state index in [0.29, 0.717) is 6.54 Å². The first-order chi connectivity index (χ1) is 9.40. The van der Waals surface area contributed by atoms with Gasteiger partial charge in [0.1, 0.15) is 5.82 Å². The van der Waals surface area contributed by atoms with Crippen molar-refractivity contribution >= 4 is 17.2 Å². The van der Waals surface area contributed by atoms with Crippen LogP contribution in [0.5, 0.6) is 0 Å². The van der Waals surface area contributed by atoms with Crippen molar-refractivity contribution in [3.05, 3.63) is 45.8 Å². The van der Waals surface area contributed by atoms with E-state index in [1.165, 1.54) is 4.88 Å². The van der Waals surface area contributed by atoms with E-state index < -0.39 is 0 Å². The van der Waals surface area contributed by atoms with Gasteiger partial charge in [-0.2, -0.15) is 0 Å². The highest BCUT2D eigenvalue weighted by Gasteiger charge is 2.18. The molecule has 4 heteroatoms. The lowest BCUT2D eigenvalue weighted by Gasteiger charge is -2.23. The third kappa shape index (κ3) is 3.58. The Bertz CT molecular complexity index is 556. The molecule has 2 aromatic rings. The molecule has 0 spiro atoms. The van der Waals surface area contributed by atoms with Crippen LogP contribution in [0.15, 0.2) is 29.6 Å². The largest absolute Gasteiger partial charge is 0.355 e. The normalized spacial score (nSPS) is 11.7. The molecule has 0 aliphatic rings. The maximum absolute atomic E-state index is 5.82. The average molecular weight is 289 g/mol. The Balaban J connectivity index is 2.30. The second-order valence-electron chi connectivity index (χ2n) is 6.11. The molecule has 0 atom stereocenters. The molecule has 0 aliphatic heterocycles. The molecule has 2 rings (SSSR count). The van der Waals surface area contributed by atoms with Crippen molar-refractivity contribution < 1.29 is 0 Å². The van der Waals surface area contributed by atoms with Gasteiger partial charge in [0.2, 0.25) is 0 Å². The van der Waals surface area contributed by atoms with Crippen LogP contribution >= 0.6 is 11.3 Å². The summed E-state index contributed by atoms with van der Waals surface area (Å²) in [6, 6.07) is 8.43. The molecular formula is C16H23N3S. The molecule has 2 aromatic heterocycles. The molecule has 108 valence electrons. The zero-order chi connectivity index (χ0) is 14.8. The molecule has 3 nitrogen and oxygen atoms in total. The van der Waals surface area contributed by atoms with Crippen molar-refractivity contribution in [1.82, 2.24) is 4.98 Å². The highest BCUT2D eigenvalue weighted by atomic mass is 32.1. The molecule has 2 N–H and O–H groups in total. The van der Waals surface area contributed by atoms with Gasteiger partial charge in [-0.15, -0.1) is 11.3 Å². The molecule has 0 bridgehead atoms. The van der Waals surface area contributed by atoms with Crippen molar-refractivity contribution in [3.63, 3.8) is 0 Å². The van der Waals surface area contributed by atoms with Gasteiger partial charge in [0.25, 0.3) is 0 Å². The van der Waals surface area contributed by atoms with Crippen molar-refractivity contribution in [1.29, 1.82) is 0 Å².